The molecule has 1 saturated heterocycles. The van der Waals surface area contributed by atoms with Crippen LogP contribution in [-0.2, 0) is 12.0 Å². The fourth-order valence-corrected chi connectivity index (χ4v) is 4.63. The summed E-state index contributed by atoms with van der Waals surface area (Å²) < 4.78 is 6.06. The zero-order valence-electron chi connectivity index (χ0n) is 18.9. The Morgan fingerprint density at radius 1 is 1.15 bits per heavy atom. The number of hydrogen-bond acceptors (Lipinski definition) is 6. The molecule has 168 valence electrons. The second kappa shape index (κ2) is 8.51. The minimum atomic E-state index is -0.859. The molecule has 0 spiro atoms. The molecule has 0 bridgehead atoms. The maximum absolute atomic E-state index is 10.2. The van der Waals surface area contributed by atoms with E-state index in [0.29, 0.717) is 11.3 Å². The van der Waals surface area contributed by atoms with Crippen LogP contribution in [0.25, 0.3) is 11.1 Å². The molecule has 2 aromatic carbocycles. The summed E-state index contributed by atoms with van der Waals surface area (Å²) in [6.45, 7) is 5.34. The number of hydrogen-bond donors (Lipinski definition) is 3. The highest BCUT2D eigenvalue weighted by atomic mass is 16.5. The van der Waals surface area contributed by atoms with Crippen LogP contribution in [0.1, 0.15) is 48.6 Å². The lowest BCUT2D eigenvalue weighted by molar-refractivity contribution is 0.0786. The number of nitrogens with zero attached hydrogens (tertiary/aromatic N) is 2. The first-order chi connectivity index (χ1) is 15.9. The number of benzene rings is 2. The van der Waals surface area contributed by atoms with Gasteiger partial charge in [0.25, 0.3) is 0 Å². The summed E-state index contributed by atoms with van der Waals surface area (Å²) >= 11 is 0. The molecule has 1 aromatic heterocycles. The first-order valence-corrected chi connectivity index (χ1v) is 11.4. The fraction of sp³-hybridized carbons (Fsp3) is 0.333. The SMILES string of the molecule is CC(C)(O)c1ccc(C2Cc3c(-c4ccc(OC5CCNC5)c(C#N)c4)ccnc3N2)cc1. The molecular weight excluding hydrogens is 412 g/mol. The average molecular weight is 441 g/mol. The highest BCUT2D eigenvalue weighted by Crippen LogP contribution is 2.40. The Labute approximate surface area is 194 Å². The molecule has 0 amide bonds. The van der Waals surface area contributed by atoms with Gasteiger partial charge in [-0.15, -0.1) is 0 Å². The Balaban J connectivity index is 1.41. The number of rotatable bonds is 5. The monoisotopic (exact) mass is 440 g/mol. The third-order valence-corrected chi connectivity index (χ3v) is 6.51. The largest absolute Gasteiger partial charge is 0.488 e. The van der Waals surface area contributed by atoms with Crippen molar-refractivity contribution in [2.24, 2.45) is 0 Å². The van der Waals surface area contributed by atoms with Crippen molar-refractivity contribution in [1.29, 1.82) is 5.26 Å². The third-order valence-electron chi connectivity index (χ3n) is 6.51. The van der Waals surface area contributed by atoms with Gasteiger partial charge in [-0.25, -0.2) is 4.98 Å². The summed E-state index contributed by atoms with van der Waals surface area (Å²) in [6.07, 6.45) is 3.67. The number of ether oxygens (including phenoxy) is 1. The van der Waals surface area contributed by atoms with Crippen LogP contribution < -0.4 is 15.4 Å². The van der Waals surface area contributed by atoms with Gasteiger partial charge in [-0.3, -0.25) is 0 Å². The molecule has 6 nitrogen and oxygen atoms in total. The summed E-state index contributed by atoms with van der Waals surface area (Å²) in [5, 5.41) is 26.8. The number of aromatic nitrogens is 1. The predicted octanol–water partition coefficient (Wildman–Crippen LogP) is 4.30. The molecular formula is C27H28N4O2. The smallest absolute Gasteiger partial charge is 0.137 e. The van der Waals surface area contributed by atoms with Crippen molar-refractivity contribution >= 4 is 5.82 Å². The van der Waals surface area contributed by atoms with Crippen molar-refractivity contribution in [3.63, 3.8) is 0 Å². The van der Waals surface area contributed by atoms with Crippen LogP contribution in [0.5, 0.6) is 5.75 Å². The molecule has 2 unspecified atom stereocenters. The first-order valence-electron chi connectivity index (χ1n) is 11.4. The second-order valence-electron chi connectivity index (χ2n) is 9.32. The highest BCUT2D eigenvalue weighted by Gasteiger charge is 2.27. The van der Waals surface area contributed by atoms with E-state index in [-0.39, 0.29) is 12.1 Å². The molecule has 33 heavy (non-hydrogen) atoms. The molecule has 0 saturated carbocycles. The van der Waals surface area contributed by atoms with Crippen LogP contribution >= 0.6 is 0 Å². The molecule has 2 atom stereocenters. The van der Waals surface area contributed by atoms with E-state index in [0.717, 1.165) is 59.6 Å². The maximum atomic E-state index is 10.2. The lowest BCUT2D eigenvalue weighted by Crippen LogP contribution is -2.20. The molecule has 0 aliphatic carbocycles. The van der Waals surface area contributed by atoms with Gasteiger partial charge in [0, 0.05) is 24.7 Å². The minimum absolute atomic E-state index is 0.109. The molecule has 1 fully saturated rings. The van der Waals surface area contributed by atoms with Crippen LogP contribution in [0.3, 0.4) is 0 Å². The number of pyridine rings is 1. The summed E-state index contributed by atoms with van der Waals surface area (Å²) in [7, 11) is 0. The number of fused-ring (bicyclic) bond motifs is 1. The number of nitriles is 1. The van der Waals surface area contributed by atoms with Crippen LogP contribution in [0, 0.1) is 11.3 Å². The highest BCUT2D eigenvalue weighted by molar-refractivity contribution is 5.76. The third kappa shape index (κ3) is 4.30. The Kier molecular flexibility index (Phi) is 5.53. The van der Waals surface area contributed by atoms with Crippen LogP contribution in [0.2, 0.25) is 0 Å². The van der Waals surface area contributed by atoms with Crippen molar-refractivity contribution < 1.29 is 9.84 Å². The van der Waals surface area contributed by atoms with Gasteiger partial charge in [0.15, 0.2) is 0 Å². The van der Waals surface area contributed by atoms with Crippen LogP contribution in [0.4, 0.5) is 5.82 Å². The lowest BCUT2D eigenvalue weighted by Gasteiger charge is -2.19. The van der Waals surface area contributed by atoms with E-state index in [1.807, 2.05) is 42.6 Å². The normalized spacial score (nSPS) is 19.6. The van der Waals surface area contributed by atoms with Crippen molar-refractivity contribution in [3.8, 4) is 22.9 Å². The van der Waals surface area contributed by atoms with Crippen molar-refractivity contribution in [1.82, 2.24) is 10.3 Å². The van der Waals surface area contributed by atoms with Crippen molar-refractivity contribution in [2.45, 2.75) is 44.4 Å². The molecule has 6 heteroatoms. The molecule has 3 heterocycles. The van der Waals surface area contributed by atoms with E-state index in [2.05, 4.69) is 33.8 Å². The van der Waals surface area contributed by atoms with E-state index in [9.17, 15) is 10.4 Å². The van der Waals surface area contributed by atoms with E-state index >= 15 is 0 Å². The summed E-state index contributed by atoms with van der Waals surface area (Å²) in [5.74, 6) is 1.52. The first kappa shape index (κ1) is 21.4. The van der Waals surface area contributed by atoms with Crippen molar-refractivity contribution in [3.05, 3.63) is 77.0 Å². The lowest BCUT2D eigenvalue weighted by atomic mass is 9.93. The molecule has 3 aromatic rings. The van der Waals surface area contributed by atoms with Gasteiger partial charge in [0.2, 0.25) is 0 Å². The Bertz CT molecular complexity index is 1200. The fourth-order valence-electron chi connectivity index (χ4n) is 4.63. The Morgan fingerprint density at radius 3 is 2.67 bits per heavy atom. The van der Waals surface area contributed by atoms with E-state index in [1.165, 1.54) is 0 Å². The Hall–Kier alpha value is -3.40. The zero-order chi connectivity index (χ0) is 23.0. The van der Waals surface area contributed by atoms with Crippen LogP contribution in [0.15, 0.2) is 54.7 Å². The molecule has 0 radical (unpaired) electrons. The average Bonchev–Trinajstić information content (AvgIpc) is 3.48. The Morgan fingerprint density at radius 2 is 1.97 bits per heavy atom. The van der Waals surface area contributed by atoms with E-state index in [1.54, 1.807) is 13.8 Å². The van der Waals surface area contributed by atoms with Gasteiger partial charge < -0.3 is 20.5 Å². The van der Waals surface area contributed by atoms with Crippen molar-refractivity contribution in [2.75, 3.05) is 18.4 Å². The predicted molar refractivity (Wildman–Crippen MR) is 128 cm³/mol. The van der Waals surface area contributed by atoms with Gasteiger partial charge in [-0.1, -0.05) is 30.3 Å². The zero-order valence-corrected chi connectivity index (χ0v) is 18.9. The summed E-state index contributed by atoms with van der Waals surface area (Å²) in [5.41, 5.74) is 4.94. The molecule has 2 aliphatic rings. The molecule has 2 aliphatic heterocycles. The minimum Gasteiger partial charge on any atom is -0.488 e. The summed E-state index contributed by atoms with van der Waals surface area (Å²) in [4.78, 5) is 4.56. The van der Waals surface area contributed by atoms with E-state index < -0.39 is 5.60 Å². The van der Waals surface area contributed by atoms with Gasteiger partial charge in [0.05, 0.1) is 17.2 Å². The van der Waals surface area contributed by atoms with Gasteiger partial charge in [-0.2, -0.15) is 5.26 Å². The molecule has 5 rings (SSSR count). The maximum Gasteiger partial charge on any atom is 0.137 e. The molecule has 3 N–H and O–H groups in total. The topological polar surface area (TPSA) is 90.2 Å². The summed E-state index contributed by atoms with van der Waals surface area (Å²) in [6, 6.07) is 18.4. The van der Waals surface area contributed by atoms with Crippen LogP contribution in [-0.4, -0.2) is 29.3 Å². The van der Waals surface area contributed by atoms with Gasteiger partial charge >= 0.3 is 0 Å². The number of nitrogens with one attached hydrogen (secondary N) is 2. The van der Waals surface area contributed by atoms with E-state index in [4.69, 9.17) is 4.74 Å². The number of anilines is 1. The van der Waals surface area contributed by atoms with Gasteiger partial charge in [0.1, 0.15) is 23.7 Å². The standard InChI is InChI=1S/C27H28N4O2/c1-27(2,32)20-6-3-17(4-7-20)24-14-23-22(10-12-30-26(23)31-24)18-5-8-25(19(13-18)15-28)33-21-9-11-29-16-21/h3-8,10,12-13,21,24,29,32H,9,11,14,16H2,1-2H3,(H,30,31). The second-order valence-corrected chi connectivity index (χ2v) is 9.32. The quantitative estimate of drug-likeness (QED) is 0.548. The van der Waals surface area contributed by atoms with Gasteiger partial charge in [-0.05, 0) is 67.3 Å². The number of aliphatic hydroxyl groups is 1.